The van der Waals surface area contributed by atoms with E-state index in [-0.39, 0.29) is 5.75 Å². The summed E-state index contributed by atoms with van der Waals surface area (Å²) in [5.41, 5.74) is 8.31. The van der Waals surface area contributed by atoms with Crippen LogP contribution in [0.1, 0.15) is 18.9 Å². The minimum atomic E-state index is -4.44. The summed E-state index contributed by atoms with van der Waals surface area (Å²) in [4.78, 5) is 0. The molecule has 1 saturated heterocycles. The number of nitrogens with two attached hydrogens (primary N) is 1. The number of alkyl halides is 3. The fourth-order valence-corrected chi connectivity index (χ4v) is 5.47. The quantitative estimate of drug-likeness (QED) is 0.676. The molecule has 29 heavy (non-hydrogen) atoms. The van der Waals surface area contributed by atoms with E-state index in [0.29, 0.717) is 47.5 Å². The van der Waals surface area contributed by atoms with E-state index in [2.05, 4.69) is 0 Å². The summed E-state index contributed by atoms with van der Waals surface area (Å²) in [7, 11) is -3.28. The van der Waals surface area contributed by atoms with Crippen LogP contribution in [0.5, 0.6) is 0 Å². The second-order valence-electron chi connectivity index (χ2n) is 7.02. The zero-order valence-corrected chi connectivity index (χ0v) is 16.5. The van der Waals surface area contributed by atoms with Crippen LogP contribution in [0.2, 0.25) is 0 Å². The monoisotopic (exact) mass is 423 g/mol. The van der Waals surface area contributed by atoms with Crippen LogP contribution in [0.4, 0.5) is 24.5 Å². The van der Waals surface area contributed by atoms with E-state index in [0.717, 1.165) is 17.7 Å². The van der Waals surface area contributed by atoms with Crippen LogP contribution in [0.15, 0.2) is 42.5 Å². The average molecular weight is 423 g/mol. The predicted octanol–water partition coefficient (Wildman–Crippen LogP) is 4.47. The van der Waals surface area contributed by atoms with Crippen molar-refractivity contribution in [2.75, 3.05) is 22.3 Å². The zero-order valence-electron chi connectivity index (χ0n) is 15.7. The maximum Gasteiger partial charge on any atom is 0.416 e. The fraction of sp³-hybridized carbons (Fsp3) is 0.300. The smallest absolute Gasteiger partial charge is 0.396 e. The highest BCUT2D eigenvalue weighted by molar-refractivity contribution is 7.93. The molecule has 1 aromatic heterocycles. The summed E-state index contributed by atoms with van der Waals surface area (Å²) >= 11 is 0. The van der Waals surface area contributed by atoms with Gasteiger partial charge in [-0.3, -0.25) is 4.31 Å². The summed E-state index contributed by atoms with van der Waals surface area (Å²) in [6.07, 6.45) is -3.85. The van der Waals surface area contributed by atoms with Gasteiger partial charge in [-0.1, -0.05) is 18.2 Å². The lowest BCUT2D eigenvalue weighted by Gasteiger charge is -2.17. The number of nitrogen functional groups attached to an aromatic ring is 1. The van der Waals surface area contributed by atoms with Crippen LogP contribution < -0.4 is 10.0 Å². The molecule has 0 aliphatic carbocycles. The van der Waals surface area contributed by atoms with Crippen LogP contribution in [-0.2, 0) is 22.7 Å². The molecule has 9 heteroatoms. The average Bonchev–Trinajstić information content (AvgIpc) is 3.17. The lowest BCUT2D eigenvalue weighted by Crippen LogP contribution is -2.24. The van der Waals surface area contributed by atoms with Gasteiger partial charge in [-0.15, -0.1) is 0 Å². The second kappa shape index (κ2) is 6.69. The van der Waals surface area contributed by atoms with Crippen molar-refractivity contribution in [3.05, 3.63) is 48.0 Å². The van der Waals surface area contributed by atoms with Crippen molar-refractivity contribution in [1.29, 1.82) is 0 Å². The Bertz CT molecular complexity index is 1180. The van der Waals surface area contributed by atoms with Gasteiger partial charge in [0.05, 0.1) is 33.9 Å². The van der Waals surface area contributed by atoms with Crippen molar-refractivity contribution in [2.24, 2.45) is 0 Å². The summed E-state index contributed by atoms with van der Waals surface area (Å²) in [6, 6.07) is 10.5. The number of hydrogen-bond donors (Lipinski definition) is 1. The zero-order chi connectivity index (χ0) is 21.0. The molecule has 2 heterocycles. The van der Waals surface area contributed by atoms with Crippen molar-refractivity contribution in [2.45, 2.75) is 26.1 Å². The first-order valence-electron chi connectivity index (χ1n) is 9.23. The molecule has 1 aliphatic rings. The Morgan fingerprint density at radius 3 is 2.34 bits per heavy atom. The Morgan fingerprint density at radius 1 is 1.10 bits per heavy atom. The number of sulfonamides is 1. The molecule has 0 bridgehead atoms. The third-order valence-electron chi connectivity index (χ3n) is 5.28. The number of rotatable bonds is 3. The predicted molar refractivity (Wildman–Crippen MR) is 108 cm³/mol. The molecule has 0 saturated carbocycles. The van der Waals surface area contributed by atoms with Crippen molar-refractivity contribution in [1.82, 2.24) is 4.57 Å². The highest BCUT2D eigenvalue weighted by Crippen LogP contribution is 2.40. The van der Waals surface area contributed by atoms with E-state index in [4.69, 9.17) is 5.73 Å². The Hall–Kier alpha value is -2.68. The van der Waals surface area contributed by atoms with Gasteiger partial charge in [-0.05, 0) is 37.6 Å². The number of hydrogen-bond acceptors (Lipinski definition) is 3. The van der Waals surface area contributed by atoms with E-state index >= 15 is 0 Å². The van der Waals surface area contributed by atoms with Crippen LogP contribution in [-0.4, -0.2) is 25.3 Å². The molecular formula is C20H20F3N3O2S. The molecule has 0 amide bonds. The standard InChI is InChI=1S/C20H20F3N3O2S/c1-2-25-17-12-14(20(21,22)23)6-9-16(17)18(24)19(25)13-4-7-15(8-5-13)26-10-3-11-29(26,27)28/h4-9,12H,2-3,10-11,24H2,1H3. The maximum atomic E-state index is 13.1. The first kappa shape index (κ1) is 19.6. The minimum absolute atomic E-state index is 0.132. The first-order chi connectivity index (χ1) is 13.6. The Labute approximate surface area is 166 Å². The Balaban J connectivity index is 1.82. The third kappa shape index (κ3) is 3.23. The molecule has 2 N–H and O–H groups in total. The van der Waals surface area contributed by atoms with Crippen LogP contribution in [0.25, 0.3) is 22.2 Å². The third-order valence-corrected chi connectivity index (χ3v) is 7.14. The topological polar surface area (TPSA) is 68.3 Å². The highest BCUT2D eigenvalue weighted by Gasteiger charge is 2.32. The van der Waals surface area contributed by atoms with Gasteiger partial charge in [0.2, 0.25) is 10.0 Å². The van der Waals surface area contributed by atoms with Crippen LogP contribution >= 0.6 is 0 Å². The minimum Gasteiger partial charge on any atom is -0.396 e. The number of aryl methyl sites for hydroxylation is 1. The first-order valence-corrected chi connectivity index (χ1v) is 10.8. The van der Waals surface area contributed by atoms with Gasteiger partial charge >= 0.3 is 6.18 Å². The van der Waals surface area contributed by atoms with Crippen molar-refractivity contribution in [3.8, 4) is 11.3 Å². The lowest BCUT2D eigenvalue weighted by atomic mass is 10.1. The van der Waals surface area contributed by atoms with Gasteiger partial charge in [-0.2, -0.15) is 13.2 Å². The molecule has 0 spiro atoms. The summed E-state index contributed by atoms with van der Waals surface area (Å²) in [6.45, 7) is 2.72. The molecule has 4 rings (SSSR count). The van der Waals surface area contributed by atoms with Crippen molar-refractivity contribution < 1.29 is 21.6 Å². The molecule has 154 valence electrons. The van der Waals surface area contributed by atoms with Crippen LogP contribution in [0, 0.1) is 0 Å². The number of fused-ring (bicyclic) bond motifs is 1. The second-order valence-corrected chi connectivity index (χ2v) is 9.04. The number of anilines is 2. The normalized spacial score (nSPS) is 16.6. The summed E-state index contributed by atoms with van der Waals surface area (Å²) < 4.78 is 66.8. The molecule has 1 aliphatic heterocycles. The SMILES string of the molecule is CCn1c(-c2ccc(N3CCCS3(=O)=O)cc2)c(N)c2ccc(C(F)(F)F)cc21. The van der Waals surface area contributed by atoms with E-state index in [9.17, 15) is 21.6 Å². The Morgan fingerprint density at radius 2 is 1.79 bits per heavy atom. The summed E-state index contributed by atoms with van der Waals surface area (Å²) in [5.74, 6) is 0.132. The number of halogens is 3. The van der Waals surface area contributed by atoms with E-state index in [1.54, 1.807) is 28.8 Å². The molecule has 1 fully saturated rings. The fourth-order valence-electron chi connectivity index (χ4n) is 3.91. The van der Waals surface area contributed by atoms with E-state index in [1.807, 2.05) is 6.92 Å². The molecule has 5 nitrogen and oxygen atoms in total. The number of nitrogens with zero attached hydrogens (tertiary/aromatic N) is 2. The van der Waals surface area contributed by atoms with E-state index in [1.165, 1.54) is 10.4 Å². The van der Waals surface area contributed by atoms with Gasteiger partial charge in [0.25, 0.3) is 0 Å². The van der Waals surface area contributed by atoms with Crippen molar-refractivity contribution in [3.63, 3.8) is 0 Å². The molecular weight excluding hydrogens is 403 g/mol. The van der Waals surface area contributed by atoms with Crippen molar-refractivity contribution >= 4 is 32.3 Å². The Kier molecular flexibility index (Phi) is 4.53. The molecule has 3 aromatic rings. The van der Waals surface area contributed by atoms with Gasteiger partial charge < -0.3 is 10.3 Å². The van der Waals surface area contributed by atoms with Crippen LogP contribution in [0.3, 0.4) is 0 Å². The highest BCUT2D eigenvalue weighted by atomic mass is 32.2. The maximum absolute atomic E-state index is 13.1. The number of aromatic nitrogens is 1. The van der Waals surface area contributed by atoms with E-state index < -0.39 is 21.8 Å². The molecule has 0 radical (unpaired) electrons. The molecule has 0 atom stereocenters. The summed E-state index contributed by atoms with van der Waals surface area (Å²) in [5, 5.41) is 0.557. The lowest BCUT2D eigenvalue weighted by molar-refractivity contribution is -0.137. The van der Waals surface area contributed by atoms with Gasteiger partial charge in [0.1, 0.15) is 0 Å². The van der Waals surface area contributed by atoms with Gasteiger partial charge in [-0.25, -0.2) is 8.42 Å². The molecule has 2 aromatic carbocycles. The largest absolute Gasteiger partial charge is 0.416 e. The van der Waals surface area contributed by atoms with Gasteiger partial charge in [0.15, 0.2) is 0 Å². The van der Waals surface area contributed by atoms with Gasteiger partial charge in [0, 0.05) is 24.0 Å². The molecule has 0 unspecified atom stereocenters. The number of benzene rings is 2.